The summed E-state index contributed by atoms with van der Waals surface area (Å²) in [5, 5.41) is 8.11. The summed E-state index contributed by atoms with van der Waals surface area (Å²) in [6.45, 7) is 0. The Morgan fingerprint density at radius 2 is 1.61 bits per heavy atom. The van der Waals surface area contributed by atoms with Crippen LogP contribution in [0.2, 0.25) is 0 Å². The van der Waals surface area contributed by atoms with Gasteiger partial charge in [0.05, 0.1) is 21.3 Å². The molecule has 0 aliphatic heterocycles. The van der Waals surface area contributed by atoms with E-state index in [1.54, 1.807) is 42.5 Å². The average molecular weight is 514 g/mol. The second-order valence-corrected chi connectivity index (χ2v) is 8.84. The van der Waals surface area contributed by atoms with Gasteiger partial charge in [0.25, 0.3) is 0 Å². The lowest BCUT2D eigenvalue weighted by Crippen LogP contribution is -2.34. The number of carbonyl (C=O) groups excluding carboxylic acids is 1. The number of aromatic nitrogens is 6. The second kappa shape index (κ2) is 10.4. The smallest absolute Gasteiger partial charge is 0.303 e. The van der Waals surface area contributed by atoms with Gasteiger partial charge in [-0.25, -0.2) is 28.1 Å². The molecule has 0 radical (unpaired) electrons. The fraction of sp³-hybridized carbons (Fsp3) is 0.182. The average Bonchev–Trinajstić information content (AvgIpc) is 3.33. The zero-order chi connectivity index (χ0) is 25.7. The normalized spacial score (nSPS) is 11.1. The first-order valence-corrected chi connectivity index (χ1v) is 12.0. The first-order valence-electron chi connectivity index (χ1n) is 10.4. The van der Waals surface area contributed by atoms with Crippen LogP contribution in [-0.4, -0.2) is 65.4 Å². The fourth-order valence-corrected chi connectivity index (χ4v) is 4.25. The Balaban J connectivity index is 0.00000380. The molecule has 4 rings (SSSR count). The number of hydrogen-bond donors (Lipinski definition) is 1. The van der Waals surface area contributed by atoms with E-state index in [2.05, 4.69) is 25.1 Å². The molecule has 3 aromatic heterocycles. The van der Waals surface area contributed by atoms with E-state index in [9.17, 15) is 13.2 Å². The molecule has 3 heterocycles. The molecule has 0 aliphatic carbocycles. The third-order valence-corrected chi connectivity index (χ3v) is 5.97. The van der Waals surface area contributed by atoms with E-state index in [1.807, 2.05) is 4.72 Å². The third kappa shape index (κ3) is 5.07. The van der Waals surface area contributed by atoms with Crippen LogP contribution < -0.4 is 18.9 Å². The number of hydrogen-bond acceptors (Lipinski definition) is 11. The summed E-state index contributed by atoms with van der Waals surface area (Å²) in [5.41, 5.74) is 0.565. The molecule has 1 amide bonds. The van der Waals surface area contributed by atoms with E-state index < -0.39 is 21.7 Å². The van der Waals surface area contributed by atoms with E-state index in [4.69, 9.17) is 14.2 Å². The highest BCUT2D eigenvalue weighted by molar-refractivity contribution is 7.89. The van der Waals surface area contributed by atoms with Crippen molar-refractivity contribution in [2.75, 3.05) is 21.3 Å². The lowest BCUT2D eigenvalue weighted by atomic mass is 10.2. The Bertz CT molecular complexity index is 1480. The van der Waals surface area contributed by atoms with Gasteiger partial charge in [0.15, 0.2) is 5.82 Å². The number of para-hydroxylation sites is 1. The van der Waals surface area contributed by atoms with Crippen LogP contribution in [-0.2, 0) is 15.8 Å². The van der Waals surface area contributed by atoms with Crippen molar-refractivity contribution in [3.8, 4) is 34.6 Å². The second-order valence-electron chi connectivity index (χ2n) is 7.11. The molecule has 0 fully saturated rings. The van der Waals surface area contributed by atoms with Crippen molar-refractivity contribution in [3.05, 3.63) is 66.5 Å². The van der Waals surface area contributed by atoms with Crippen molar-refractivity contribution < 1.29 is 28.8 Å². The number of pyridine rings is 1. The molecular weight excluding hydrogens is 490 g/mol. The van der Waals surface area contributed by atoms with Crippen LogP contribution in [0.25, 0.3) is 17.2 Å². The monoisotopic (exact) mass is 513 g/mol. The van der Waals surface area contributed by atoms with E-state index in [0.717, 1.165) is 0 Å². The van der Waals surface area contributed by atoms with Crippen LogP contribution >= 0.6 is 0 Å². The number of nitrogens with zero attached hydrogens (tertiary/aromatic N) is 6. The number of rotatable bonds is 9. The Kier molecular flexibility index (Phi) is 7.05. The number of nitrogens with one attached hydrogen (secondary N) is 1. The number of methoxy groups -OCH3 is 3. The number of ether oxygens (including phenoxy) is 3. The van der Waals surface area contributed by atoms with Crippen molar-refractivity contribution in [1.82, 2.24) is 34.4 Å². The first kappa shape index (κ1) is 24.5. The van der Waals surface area contributed by atoms with Crippen molar-refractivity contribution in [1.29, 1.82) is 0 Å². The van der Waals surface area contributed by atoms with Crippen LogP contribution in [0.1, 0.15) is 17.9 Å². The maximum atomic E-state index is 13.2. The highest BCUT2D eigenvalue weighted by Crippen LogP contribution is 2.36. The van der Waals surface area contributed by atoms with Gasteiger partial charge in [-0.1, -0.05) is 12.1 Å². The number of benzene rings is 1. The van der Waals surface area contributed by atoms with Crippen LogP contribution in [0.5, 0.6) is 17.4 Å². The minimum Gasteiger partial charge on any atom is -0.494 e. The van der Waals surface area contributed by atoms with Crippen molar-refractivity contribution in [3.63, 3.8) is 0 Å². The van der Waals surface area contributed by atoms with E-state index in [-0.39, 0.29) is 24.6 Å². The van der Waals surface area contributed by atoms with Crippen LogP contribution in [0.15, 0.2) is 54.9 Å². The quantitative estimate of drug-likeness (QED) is 0.346. The summed E-state index contributed by atoms with van der Waals surface area (Å²) in [6, 6.07) is 11.5. The Labute approximate surface area is 207 Å². The number of sulfonamides is 1. The summed E-state index contributed by atoms with van der Waals surface area (Å²) in [4.78, 5) is 25.4. The molecule has 1 aromatic carbocycles. The molecule has 0 saturated carbocycles. The summed E-state index contributed by atoms with van der Waals surface area (Å²) < 4.78 is 44.9. The molecule has 14 heteroatoms. The minimum atomic E-state index is -4.18. The SMILES string of the molecule is COc1cccc(-c2nnc(C(=O)NS(=O)(=O)Cc3ncccn3)n2-c2c(OC)cccc2OC)n1.[HH]. The highest BCUT2D eigenvalue weighted by Gasteiger charge is 2.29. The zero-order valence-corrected chi connectivity index (χ0v) is 20.3. The van der Waals surface area contributed by atoms with Crippen molar-refractivity contribution in [2.24, 2.45) is 0 Å². The summed E-state index contributed by atoms with van der Waals surface area (Å²) >= 11 is 0. The Hall–Kier alpha value is -4.59. The molecule has 188 valence electrons. The molecule has 0 saturated heterocycles. The highest BCUT2D eigenvalue weighted by atomic mass is 32.2. The maximum absolute atomic E-state index is 13.2. The van der Waals surface area contributed by atoms with Gasteiger partial charge in [0.1, 0.15) is 34.5 Å². The Morgan fingerprint density at radius 3 is 2.25 bits per heavy atom. The molecular formula is C22H23N7O6S. The van der Waals surface area contributed by atoms with Gasteiger partial charge < -0.3 is 14.2 Å². The standard InChI is InChI=1S/C22H21N7O6S.H2/c1-33-15-8-5-9-16(34-2)19(15)29-20(14-7-4-10-18(25-14)35-3)26-27-21(29)22(30)28-36(31,32)13-17-23-11-6-12-24-17;/h4-12H,13H2,1-3H3,(H,28,30);1H. The molecule has 4 aromatic rings. The number of carbonyl (C=O) groups is 1. The molecule has 0 atom stereocenters. The minimum absolute atomic E-state index is 0. The summed E-state index contributed by atoms with van der Waals surface area (Å²) in [5.74, 6) is -0.949. The maximum Gasteiger partial charge on any atom is 0.303 e. The van der Waals surface area contributed by atoms with E-state index in [0.29, 0.717) is 23.1 Å². The topological polar surface area (TPSA) is 160 Å². The predicted molar refractivity (Wildman–Crippen MR) is 128 cm³/mol. The molecule has 0 aliphatic rings. The lowest BCUT2D eigenvalue weighted by molar-refractivity contribution is 0.0969. The van der Waals surface area contributed by atoms with Gasteiger partial charge in [-0.2, -0.15) is 0 Å². The van der Waals surface area contributed by atoms with Crippen LogP contribution in [0.3, 0.4) is 0 Å². The van der Waals surface area contributed by atoms with Gasteiger partial charge >= 0.3 is 5.91 Å². The fourth-order valence-electron chi connectivity index (χ4n) is 3.31. The molecule has 1 N–H and O–H groups in total. The lowest BCUT2D eigenvalue weighted by Gasteiger charge is -2.17. The van der Waals surface area contributed by atoms with Gasteiger partial charge in [-0.15, -0.1) is 10.2 Å². The molecule has 0 unspecified atom stereocenters. The van der Waals surface area contributed by atoms with Crippen molar-refractivity contribution >= 4 is 15.9 Å². The molecule has 36 heavy (non-hydrogen) atoms. The van der Waals surface area contributed by atoms with Gasteiger partial charge in [-0.3, -0.25) is 9.36 Å². The van der Waals surface area contributed by atoms with Crippen molar-refractivity contribution in [2.45, 2.75) is 5.75 Å². The van der Waals surface area contributed by atoms with Crippen LogP contribution in [0.4, 0.5) is 0 Å². The zero-order valence-electron chi connectivity index (χ0n) is 19.4. The summed E-state index contributed by atoms with van der Waals surface area (Å²) in [6.07, 6.45) is 2.80. The van der Waals surface area contributed by atoms with Gasteiger partial charge in [-0.05, 0) is 24.3 Å². The third-order valence-electron chi connectivity index (χ3n) is 4.84. The Morgan fingerprint density at radius 1 is 0.944 bits per heavy atom. The predicted octanol–water partition coefficient (Wildman–Crippen LogP) is 1.65. The first-order chi connectivity index (χ1) is 17.4. The largest absolute Gasteiger partial charge is 0.494 e. The van der Waals surface area contributed by atoms with E-state index in [1.165, 1.54) is 38.3 Å². The molecule has 0 spiro atoms. The van der Waals surface area contributed by atoms with E-state index >= 15 is 0 Å². The van der Waals surface area contributed by atoms with Gasteiger partial charge in [0.2, 0.25) is 21.7 Å². The van der Waals surface area contributed by atoms with Gasteiger partial charge in [0, 0.05) is 19.9 Å². The molecule has 13 nitrogen and oxygen atoms in total. The number of amides is 1. The summed E-state index contributed by atoms with van der Waals surface area (Å²) in [7, 11) is 0.158. The van der Waals surface area contributed by atoms with Crippen LogP contribution in [0, 0.1) is 0 Å². The molecule has 0 bridgehead atoms.